The van der Waals surface area contributed by atoms with Crippen LogP contribution in [0.25, 0.3) is 0 Å². The molecule has 1 aliphatic rings. The molecule has 182 valence electrons. The summed E-state index contributed by atoms with van der Waals surface area (Å²) in [5.41, 5.74) is 3.06. The molecule has 8 heteroatoms. The quantitative estimate of drug-likeness (QED) is 0.397. The Balaban J connectivity index is 1.47. The maximum absolute atomic E-state index is 13.2. The molecule has 2 amide bonds. The van der Waals surface area contributed by atoms with E-state index < -0.39 is 0 Å². The van der Waals surface area contributed by atoms with E-state index in [-0.39, 0.29) is 18.4 Å². The minimum Gasteiger partial charge on any atom is -0.490 e. The Hall–Kier alpha value is -3.65. The van der Waals surface area contributed by atoms with E-state index in [1.54, 1.807) is 18.2 Å². The Morgan fingerprint density at radius 1 is 1.03 bits per heavy atom. The molecule has 1 aliphatic carbocycles. The molecule has 4 rings (SSSR count). The molecule has 0 saturated heterocycles. The number of fused-ring (bicyclic) bond motifs is 1. The number of rotatable bonds is 10. The highest BCUT2D eigenvalue weighted by atomic mass is 32.1. The number of ether oxygens (including phenoxy) is 2. The van der Waals surface area contributed by atoms with Crippen molar-refractivity contribution in [2.24, 2.45) is 0 Å². The number of aldehydes is 1. The van der Waals surface area contributed by atoms with E-state index in [1.807, 2.05) is 37.3 Å². The minimum atomic E-state index is -0.373. The number of aryl methyl sites for hydroxylation is 1. The third-order valence-corrected chi connectivity index (χ3v) is 6.92. The van der Waals surface area contributed by atoms with Gasteiger partial charge in [-0.2, -0.15) is 0 Å². The molecule has 0 aliphatic heterocycles. The smallest absolute Gasteiger partial charge is 0.262 e. The highest BCUT2D eigenvalue weighted by molar-refractivity contribution is 7.17. The maximum Gasteiger partial charge on any atom is 0.262 e. The molecule has 0 bridgehead atoms. The number of amides is 2. The number of carbonyl (C=O) groups excluding carboxylic acids is 3. The number of hydrogen-bond donors (Lipinski definition) is 2. The van der Waals surface area contributed by atoms with Crippen LogP contribution in [0.15, 0.2) is 48.5 Å². The highest BCUT2D eigenvalue weighted by Crippen LogP contribution is 2.38. The van der Waals surface area contributed by atoms with Gasteiger partial charge in [0.15, 0.2) is 18.1 Å². The van der Waals surface area contributed by atoms with Crippen LogP contribution in [0, 0.1) is 0 Å². The summed E-state index contributed by atoms with van der Waals surface area (Å²) in [5.74, 6) is 0.214. The lowest BCUT2D eigenvalue weighted by Gasteiger charge is -2.14. The predicted molar refractivity (Wildman–Crippen MR) is 136 cm³/mol. The molecular weight excluding hydrogens is 464 g/mol. The number of nitrogens with one attached hydrogen (secondary N) is 2. The maximum atomic E-state index is 13.2. The van der Waals surface area contributed by atoms with Gasteiger partial charge in [0.1, 0.15) is 11.3 Å². The summed E-state index contributed by atoms with van der Waals surface area (Å²) in [7, 11) is 0. The first-order valence-electron chi connectivity index (χ1n) is 11.7. The average molecular weight is 493 g/mol. The molecule has 1 heterocycles. The van der Waals surface area contributed by atoms with Crippen molar-refractivity contribution >= 4 is 34.4 Å². The molecule has 3 aromatic rings. The topological polar surface area (TPSA) is 93.7 Å². The van der Waals surface area contributed by atoms with Gasteiger partial charge < -0.3 is 20.1 Å². The largest absolute Gasteiger partial charge is 0.490 e. The second-order valence-electron chi connectivity index (χ2n) is 8.18. The summed E-state index contributed by atoms with van der Waals surface area (Å²) < 4.78 is 11.2. The summed E-state index contributed by atoms with van der Waals surface area (Å²) in [6, 6.07) is 14.5. The van der Waals surface area contributed by atoms with Crippen LogP contribution in [-0.4, -0.2) is 31.3 Å². The Labute approximate surface area is 208 Å². The van der Waals surface area contributed by atoms with Gasteiger partial charge in [-0.3, -0.25) is 14.4 Å². The van der Waals surface area contributed by atoms with Gasteiger partial charge in [0.05, 0.1) is 12.2 Å². The van der Waals surface area contributed by atoms with Crippen LogP contribution in [0.2, 0.25) is 0 Å². The summed E-state index contributed by atoms with van der Waals surface area (Å²) in [6.07, 6.45) is 4.56. The molecule has 7 nitrogen and oxygen atoms in total. The fourth-order valence-electron chi connectivity index (χ4n) is 4.05. The van der Waals surface area contributed by atoms with Crippen molar-refractivity contribution in [1.29, 1.82) is 0 Å². The average Bonchev–Trinajstić information content (AvgIpc) is 3.25. The first kappa shape index (κ1) is 24.5. The Bertz CT molecular complexity index is 1210. The number of carbonyl (C=O) groups is 3. The highest BCUT2D eigenvalue weighted by Gasteiger charge is 2.26. The molecule has 2 aromatic carbocycles. The van der Waals surface area contributed by atoms with E-state index >= 15 is 0 Å². The van der Waals surface area contributed by atoms with E-state index in [9.17, 15) is 14.4 Å². The number of hydrogen-bond acceptors (Lipinski definition) is 6. The van der Waals surface area contributed by atoms with Gasteiger partial charge in [-0.05, 0) is 61.9 Å². The number of anilines is 1. The van der Waals surface area contributed by atoms with E-state index in [4.69, 9.17) is 9.47 Å². The summed E-state index contributed by atoms with van der Waals surface area (Å²) in [5, 5.41) is 6.44. The van der Waals surface area contributed by atoms with Crippen molar-refractivity contribution < 1.29 is 23.9 Å². The summed E-state index contributed by atoms with van der Waals surface area (Å²) in [4.78, 5) is 38.2. The van der Waals surface area contributed by atoms with Crippen LogP contribution in [0.3, 0.4) is 0 Å². The van der Waals surface area contributed by atoms with E-state index in [0.717, 1.165) is 48.0 Å². The lowest BCUT2D eigenvalue weighted by atomic mass is 9.95. The van der Waals surface area contributed by atoms with Crippen LogP contribution >= 0.6 is 11.3 Å². The standard InChI is InChI=1S/C27H28N2O5S/c1-2-33-22-14-19(16-30)12-13-21(22)34-17-24(31)29-27-25(20-10-6-7-11-23(20)35-27)26(32)28-15-18-8-4-3-5-9-18/h3-5,8-9,12-14,16H,2,6-7,10-11,15,17H2,1H3,(H,28,32)(H,29,31). The van der Waals surface area contributed by atoms with Gasteiger partial charge in [-0.1, -0.05) is 30.3 Å². The first-order valence-corrected chi connectivity index (χ1v) is 12.5. The molecule has 0 atom stereocenters. The van der Waals surface area contributed by atoms with Crippen molar-refractivity contribution in [3.63, 3.8) is 0 Å². The van der Waals surface area contributed by atoms with Gasteiger partial charge in [0.2, 0.25) is 0 Å². The third kappa shape index (κ3) is 6.08. The fraction of sp³-hybridized carbons (Fsp3) is 0.296. The number of thiophene rings is 1. The molecule has 1 aromatic heterocycles. The van der Waals surface area contributed by atoms with Crippen LogP contribution in [0.5, 0.6) is 11.5 Å². The van der Waals surface area contributed by atoms with Crippen LogP contribution in [0.4, 0.5) is 5.00 Å². The molecule has 0 fully saturated rings. The first-order chi connectivity index (χ1) is 17.1. The molecule has 0 unspecified atom stereocenters. The Morgan fingerprint density at radius 3 is 2.60 bits per heavy atom. The van der Waals surface area contributed by atoms with E-state index in [2.05, 4.69) is 10.6 Å². The lowest BCUT2D eigenvalue weighted by Crippen LogP contribution is -2.26. The normalized spacial score (nSPS) is 12.4. The van der Waals surface area contributed by atoms with Gasteiger partial charge in [-0.15, -0.1) is 11.3 Å². The zero-order chi connectivity index (χ0) is 24.6. The van der Waals surface area contributed by atoms with Gasteiger partial charge in [0, 0.05) is 17.0 Å². The van der Waals surface area contributed by atoms with Crippen LogP contribution < -0.4 is 20.1 Å². The number of benzene rings is 2. The molecule has 0 saturated carbocycles. The van der Waals surface area contributed by atoms with Crippen molar-refractivity contribution in [1.82, 2.24) is 5.32 Å². The van der Waals surface area contributed by atoms with Crippen molar-refractivity contribution in [3.05, 3.63) is 75.7 Å². The summed E-state index contributed by atoms with van der Waals surface area (Å²) >= 11 is 1.47. The molecule has 0 spiro atoms. The second kappa shape index (κ2) is 11.7. The SMILES string of the molecule is CCOc1cc(C=O)ccc1OCC(=O)Nc1sc2c(c1C(=O)NCc1ccccc1)CCCC2. The predicted octanol–water partition coefficient (Wildman–Crippen LogP) is 4.79. The van der Waals surface area contributed by atoms with Gasteiger partial charge >= 0.3 is 0 Å². The Kier molecular flexibility index (Phi) is 8.15. The zero-order valence-electron chi connectivity index (χ0n) is 19.6. The van der Waals surface area contributed by atoms with Crippen molar-refractivity contribution in [2.45, 2.75) is 39.2 Å². The third-order valence-electron chi connectivity index (χ3n) is 5.71. The van der Waals surface area contributed by atoms with Crippen molar-refractivity contribution in [3.8, 4) is 11.5 Å². The lowest BCUT2D eigenvalue weighted by molar-refractivity contribution is -0.118. The Morgan fingerprint density at radius 2 is 1.83 bits per heavy atom. The van der Waals surface area contributed by atoms with Gasteiger partial charge in [0.25, 0.3) is 11.8 Å². The van der Waals surface area contributed by atoms with Crippen LogP contribution in [0.1, 0.15) is 56.5 Å². The van der Waals surface area contributed by atoms with Crippen molar-refractivity contribution in [2.75, 3.05) is 18.5 Å². The monoisotopic (exact) mass is 492 g/mol. The second-order valence-corrected chi connectivity index (χ2v) is 9.28. The molecule has 35 heavy (non-hydrogen) atoms. The zero-order valence-corrected chi connectivity index (χ0v) is 20.4. The fourth-order valence-corrected chi connectivity index (χ4v) is 5.36. The molecular formula is C27H28N2O5S. The van der Waals surface area contributed by atoms with Gasteiger partial charge in [-0.25, -0.2) is 0 Å². The van der Waals surface area contributed by atoms with Crippen LogP contribution in [-0.2, 0) is 24.2 Å². The van der Waals surface area contributed by atoms with E-state index in [1.165, 1.54) is 11.3 Å². The molecule has 0 radical (unpaired) electrons. The minimum absolute atomic E-state index is 0.187. The summed E-state index contributed by atoms with van der Waals surface area (Å²) in [6.45, 7) is 2.38. The van der Waals surface area contributed by atoms with E-state index in [0.29, 0.717) is 40.8 Å². The molecule has 2 N–H and O–H groups in total.